The van der Waals surface area contributed by atoms with E-state index in [4.69, 9.17) is 0 Å². The van der Waals surface area contributed by atoms with Crippen LogP contribution in [0.3, 0.4) is 0 Å². The molecule has 64 heavy (non-hydrogen) atoms. The summed E-state index contributed by atoms with van der Waals surface area (Å²) in [5.41, 5.74) is 18.1. The van der Waals surface area contributed by atoms with E-state index in [0.717, 1.165) is 67.3 Å². The van der Waals surface area contributed by atoms with Crippen LogP contribution in [-0.2, 0) is 17.3 Å². The lowest BCUT2D eigenvalue weighted by Gasteiger charge is -2.28. The van der Waals surface area contributed by atoms with Gasteiger partial charge < -0.3 is 4.90 Å². The molecule has 0 atom stereocenters. The summed E-state index contributed by atoms with van der Waals surface area (Å²) in [6.07, 6.45) is 3.08. The molecular weight excluding hydrogens is 775 g/mol. The van der Waals surface area contributed by atoms with E-state index in [1.807, 2.05) is 12.1 Å². The van der Waals surface area contributed by atoms with Crippen LogP contribution in [0.2, 0.25) is 0 Å². The summed E-state index contributed by atoms with van der Waals surface area (Å²) in [7, 11) is 0. The molecule has 304 valence electrons. The van der Waals surface area contributed by atoms with Crippen LogP contribution < -0.4 is 4.90 Å². The molecule has 0 fully saturated rings. The fourth-order valence-electron chi connectivity index (χ4n) is 10.7. The first kappa shape index (κ1) is 38.9. The first-order valence-corrected chi connectivity index (χ1v) is 22.1. The maximum atomic E-state index is 11.1. The van der Waals surface area contributed by atoms with Gasteiger partial charge >= 0.3 is 0 Å². The molecule has 9 aromatic carbocycles. The van der Waals surface area contributed by atoms with Crippen molar-refractivity contribution >= 4 is 50.3 Å². The van der Waals surface area contributed by atoms with Gasteiger partial charge in [-0.3, -0.25) is 0 Å². The Morgan fingerprint density at radius 2 is 0.891 bits per heavy atom. The lowest BCUT2D eigenvalue weighted by molar-refractivity contribution is 0.660. The third-order valence-corrected chi connectivity index (χ3v) is 13.9. The number of allylic oxidation sites excluding steroid dienone is 1. The van der Waals surface area contributed by atoms with Crippen LogP contribution in [0.1, 0.15) is 77.8 Å². The lowest BCUT2D eigenvalue weighted by atomic mass is 9.79. The molecule has 0 saturated heterocycles. The Kier molecular flexibility index (Phi) is 9.02. The maximum Gasteiger partial charge on any atom is 0.100 e. The summed E-state index contributed by atoms with van der Waals surface area (Å²) in [6.45, 7) is 9.14. The average Bonchev–Trinajstić information content (AvgIpc) is 3.68. The summed E-state index contributed by atoms with van der Waals surface area (Å²) in [5, 5.41) is 25.5. The quantitative estimate of drug-likeness (QED) is 0.119. The Hall–Kier alpha value is -7.98. The molecule has 0 saturated carbocycles. The summed E-state index contributed by atoms with van der Waals surface area (Å²) >= 11 is 0. The van der Waals surface area contributed by atoms with Crippen molar-refractivity contribution in [3.63, 3.8) is 0 Å². The summed E-state index contributed by atoms with van der Waals surface area (Å²) in [4.78, 5) is 2.30. The molecule has 0 amide bonds. The lowest BCUT2D eigenvalue weighted by Crippen LogP contribution is -2.16. The van der Waals surface area contributed by atoms with Gasteiger partial charge in [-0.15, -0.1) is 0 Å². The van der Waals surface area contributed by atoms with Crippen LogP contribution in [0.5, 0.6) is 0 Å². The number of fused-ring (bicyclic) bond motifs is 8. The standard InChI is InChI=1S/C61H45N3/c1-60(2)56-31-40(30-42(41-19-11-6-12-20-41)29-39-17-9-5-10-18-39)25-27-46(56)52-33-48-50(35-58(52)60)55(38-63)49-34-53-47-28-26-45(32-57(47)61(3,4)59(53)36-51(49)54(48)37-62)64(43-21-13-7-14-22-43)44-23-15-8-16-24-44/h5-29,31-36H,30H2,1-4H3/b42-29-. The van der Waals surface area contributed by atoms with Gasteiger partial charge in [-0.05, 0) is 134 Å². The topological polar surface area (TPSA) is 50.8 Å². The minimum absolute atomic E-state index is 0.328. The Labute approximate surface area is 375 Å². The molecule has 9 aromatic rings. The van der Waals surface area contributed by atoms with Crippen LogP contribution in [0.15, 0.2) is 182 Å². The Balaban J connectivity index is 1.03. The van der Waals surface area contributed by atoms with Crippen LogP contribution in [0.25, 0.3) is 55.4 Å². The van der Waals surface area contributed by atoms with Crippen molar-refractivity contribution in [3.05, 3.63) is 232 Å². The number of nitriles is 2. The van der Waals surface area contributed by atoms with Crippen molar-refractivity contribution < 1.29 is 0 Å². The second-order valence-corrected chi connectivity index (χ2v) is 18.3. The van der Waals surface area contributed by atoms with Gasteiger partial charge in [-0.25, -0.2) is 0 Å². The van der Waals surface area contributed by atoms with E-state index in [1.54, 1.807) is 0 Å². The van der Waals surface area contributed by atoms with Crippen molar-refractivity contribution in [1.29, 1.82) is 10.5 Å². The number of hydrogen-bond donors (Lipinski definition) is 0. The van der Waals surface area contributed by atoms with Crippen molar-refractivity contribution in [1.82, 2.24) is 0 Å². The van der Waals surface area contributed by atoms with Gasteiger partial charge in [0.1, 0.15) is 12.1 Å². The first-order valence-electron chi connectivity index (χ1n) is 22.1. The van der Waals surface area contributed by atoms with E-state index < -0.39 is 0 Å². The first-order chi connectivity index (χ1) is 31.1. The fraction of sp³-hybridized carbons (Fsp3) is 0.115. The van der Waals surface area contributed by atoms with Crippen molar-refractivity contribution in [3.8, 4) is 34.4 Å². The second kappa shape index (κ2) is 14.8. The molecule has 0 heterocycles. The molecule has 11 rings (SSSR count). The van der Waals surface area contributed by atoms with Crippen LogP contribution in [0, 0.1) is 22.7 Å². The van der Waals surface area contributed by atoms with E-state index in [2.05, 4.69) is 221 Å². The van der Waals surface area contributed by atoms with E-state index >= 15 is 0 Å². The molecule has 0 N–H and O–H groups in total. The van der Waals surface area contributed by atoms with Gasteiger partial charge in [0.05, 0.1) is 11.1 Å². The molecule has 3 heteroatoms. The monoisotopic (exact) mass is 819 g/mol. The minimum Gasteiger partial charge on any atom is -0.310 e. The number of rotatable bonds is 7. The molecular formula is C61H45N3. The molecule has 0 aliphatic heterocycles. The van der Waals surface area contributed by atoms with Gasteiger partial charge in [0.2, 0.25) is 0 Å². The largest absolute Gasteiger partial charge is 0.310 e. The zero-order valence-electron chi connectivity index (χ0n) is 36.4. The van der Waals surface area contributed by atoms with Gasteiger partial charge in [0, 0.05) is 49.4 Å². The summed E-state index contributed by atoms with van der Waals surface area (Å²) in [5.74, 6) is 0. The molecule has 3 nitrogen and oxygen atoms in total. The predicted molar refractivity (Wildman–Crippen MR) is 265 cm³/mol. The smallest absolute Gasteiger partial charge is 0.100 e. The Morgan fingerprint density at radius 3 is 1.41 bits per heavy atom. The van der Waals surface area contributed by atoms with Gasteiger partial charge in [0.25, 0.3) is 0 Å². The summed E-state index contributed by atoms with van der Waals surface area (Å²) < 4.78 is 0. The highest BCUT2D eigenvalue weighted by Crippen LogP contribution is 2.55. The van der Waals surface area contributed by atoms with Gasteiger partial charge in [-0.2, -0.15) is 10.5 Å². The molecule has 2 aliphatic rings. The zero-order chi connectivity index (χ0) is 43.7. The molecule has 0 radical (unpaired) electrons. The summed E-state index contributed by atoms with van der Waals surface area (Å²) in [6, 6.07) is 69.9. The van der Waals surface area contributed by atoms with Crippen molar-refractivity contribution in [2.24, 2.45) is 0 Å². The third kappa shape index (κ3) is 6.08. The number of hydrogen-bond acceptors (Lipinski definition) is 3. The molecule has 0 aromatic heterocycles. The van der Waals surface area contributed by atoms with Crippen molar-refractivity contribution in [2.75, 3.05) is 4.90 Å². The second-order valence-electron chi connectivity index (χ2n) is 18.3. The third-order valence-electron chi connectivity index (χ3n) is 13.9. The minimum atomic E-state index is -0.363. The van der Waals surface area contributed by atoms with Crippen LogP contribution in [-0.4, -0.2) is 0 Å². The highest BCUT2D eigenvalue weighted by molar-refractivity contribution is 6.13. The van der Waals surface area contributed by atoms with Crippen molar-refractivity contribution in [2.45, 2.75) is 44.9 Å². The van der Waals surface area contributed by atoms with E-state index in [-0.39, 0.29) is 10.8 Å². The van der Waals surface area contributed by atoms with Crippen LogP contribution in [0.4, 0.5) is 17.1 Å². The predicted octanol–water partition coefficient (Wildman–Crippen LogP) is 15.6. The Bertz CT molecular complexity index is 3420. The maximum absolute atomic E-state index is 11.1. The van der Waals surface area contributed by atoms with E-state index in [1.165, 1.54) is 44.5 Å². The van der Waals surface area contributed by atoms with Gasteiger partial charge in [-0.1, -0.05) is 155 Å². The molecule has 2 aliphatic carbocycles. The molecule has 0 spiro atoms. The van der Waals surface area contributed by atoms with Crippen LogP contribution >= 0.6 is 0 Å². The highest BCUT2D eigenvalue weighted by atomic mass is 15.1. The van der Waals surface area contributed by atoms with E-state index in [9.17, 15) is 10.5 Å². The molecule has 0 bridgehead atoms. The SMILES string of the molecule is CC1(C)c2cc(C/C(=C/c3ccccc3)c3ccccc3)ccc2-c2cc3c(C#N)c4cc5c(cc4c(C#N)c3cc21)-c1ccc(N(c2ccccc2)c2ccccc2)cc1C5(C)C. The van der Waals surface area contributed by atoms with Gasteiger partial charge in [0.15, 0.2) is 0 Å². The Morgan fingerprint density at radius 1 is 0.453 bits per heavy atom. The normalized spacial score (nSPS) is 14.0. The average molecular weight is 820 g/mol. The zero-order valence-corrected chi connectivity index (χ0v) is 36.4. The fourth-order valence-corrected chi connectivity index (χ4v) is 10.7. The number of anilines is 3. The highest BCUT2D eigenvalue weighted by Gasteiger charge is 2.39. The number of benzene rings is 9. The van der Waals surface area contributed by atoms with E-state index in [0.29, 0.717) is 11.1 Å². The number of nitrogens with zero attached hydrogens (tertiary/aromatic N) is 3. The number of para-hydroxylation sites is 2. The molecule has 0 unspecified atom stereocenters.